The number of carbonyl (C=O) groups excluding carboxylic acids is 2. The minimum atomic E-state index is -0.708. The van der Waals surface area contributed by atoms with Gasteiger partial charge in [-0.1, -0.05) is 69.5 Å². The van der Waals surface area contributed by atoms with Crippen LogP contribution >= 0.6 is 39.1 Å². The molecule has 1 saturated heterocycles. The van der Waals surface area contributed by atoms with Gasteiger partial charge in [-0.05, 0) is 55.3 Å². The number of carbonyl (C=O) groups is 2. The van der Waals surface area contributed by atoms with Crippen LogP contribution in [0.3, 0.4) is 0 Å². The van der Waals surface area contributed by atoms with Crippen LogP contribution in [-0.2, 0) is 4.79 Å². The first-order chi connectivity index (χ1) is 17.4. The van der Waals surface area contributed by atoms with Gasteiger partial charge in [0.25, 0.3) is 5.91 Å². The number of amides is 2. The molecule has 1 fully saturated rings. The SMILES string of the molecule is O=C(NC1CCCN(c2ccc(Cl)c(Cl)c2)C1=O)c1nc(-c2ccccc2)n(-c2ccc(Br)cc2)n1. The van der Waals surface area contributed by atoms with Gasteiger partial charge >= 0.3 is 0 Å². The second-order valence-electron chi connectivity index (χ2n) is 8.27. The maximum atomic E-state index is 13.2. The predicted octanol–water partition coefficient (Wildman–Crippen LogP) is 5.93. The Morgan fingerprint density at radius 1 is 0.972 bits per heavy atom. The first-order valence-corrected chi connectivity index (χ1v) is 12.8. The highest BCUT2D eigenvalue weighted by molar-refractivity contribution is 9.10. The molecule has 4 aromatic rings. The van der Waals surface area contributed by atoms with Gasteiger partial charge in [-0.15, -0.1) is 5.10 Å². The zero-order valence-electron chi connectivity index (χ0n) is 18.9. The van der Waals surface area contributed by atoms with E-state index in [1.807, 2.05) is 54.6 Å². The lowest BCUT2D eigenvalue weighted by Crippen LogP contribution is -2.52. The van der Waals surface area contributed by atoms with E-state index in [4.69, 9.17) is 23.2 Å². The van der Waals surface area contributed by atoms with Crippen molar-refractivity contribution in [1.82, 2.24) is 20.1 Å². The fraction of sp³-hybridized carbons (Fsp3) is 0.154. The van der Waals surface area contributed by atoms with Crippen LogP contribution in [0.15, 0.2) is 77.3 Å². The Balaban J connectivity index is 1.41. The highest BCUT2D eigenvalue weighted by Crippen LogP contribution is 2.29. The van der Waals surface area contributed by atoms with Crippen molar-refractivity contribution < 1.29 is 9.59 Å². The molecule has 1 aromatic heterocycles. The summed E-state index contributed by atoms with van der Waals surface area (Å²) in [6.07, 6.45) is 1.23. The van der Waals surface area contributed by atoms with Crippen molar-refractivity contribution in [3.63, 3.8) is 0 Å². The zero-order chi connectivity index (χ0) is 25.2. The molecule has 2 amide bonds. The molecule has 7 nitrogen and oxygen atoms in total. The molecule has 1 aliphatic heterocycles. The molecule has 0 saturated carbocycles. The molecule has 10 heteroatoms. The van der Waals surface area contributed by atoms with Gasteiger partial charge < -0.3 is 10.2 Å². The number of nitrogens with one attached hydrogen (secondary N) is 1. The number of rotatable bonds is 5. The highest BCUT2D eigenvalue weighted by Gasteiger charge is 2.32. The van der Waals surface area contributed by atoms with E-state index in [1.165, 1.54) is 0 Å². The van der Waals surface area contributed by atoms with Gasteiger partial charge in [-0.25, -0.2) is 9.67 Å². The van der Waals surface area contributed by atoms with Gasteiger partial charge in [0, 0.05) is 22.3 Å². The number of halogens is 3. The Morgan fingerprint density at radius 2 is 1.69 bits per heavy atom. The summed E-state index contributed by atoms with van der Waals surface area (Å²) >= 11 is 15.6. The third kappa shape index (κ3) is 5.02. The van der Waals surface area contributed by atoms with Crippen molar-refractivity contribution in [3.05, 3.63) is 93.1 Å². The topological polar surface area (TPSA) is 80.1 Å². The maximum absolute atomic E-state index is 13.2. The predicted molar refractivity (Wildman–Crippen MR) is 144 cm³/mol. The Bertz CT molecular complexity index is 1430. The standard InChI is InChI=1S/C26H20BrCl2N5O2/c27-17-8-10-18(11-9-17)34-24(16-5-2-1-3-6-16)31-23(32-34)25(35)30-22-7-4-14-33(26(22)36)19-12-13-20(28)21(29)15-19/h1-3,5-6,8-13,15,22H,4,7,14H2,(H,30,35). The third-order valence-corrected chi connectivity index (χ3v) is 7.14. The minimum Gasteiger partial charge on any atom is -0.337 e. The van der Waals surface area contributed by atoms with Gasteiger partial charge in [0.05, 0.1) is 15.7 Å². The van der Waals surface area contributed by atoms with E-state index in [1.54, 1.807) is 27.8 Å². The van der Waals surface area contributed by atoms with Crippen LogP contribution in [0.2, 0.25) is 10.0 Å². The summed E-state index contributed by atoms with van der Waals surface area (Å²) in [6, 6.07) is 21.4. The molecule has 36 heavy (non-hydrogen) atoms. The molecule has 3 aromatic carbocycles. The molecule has 0 spiro atoms. The van der Waals surface area contributed by atoms with Crippen LogP contribution in [0, 0.1) is 0 Å². The average Bonchev–Trinajstić information content (AvgIpc) is 3.34. The van der Waals surface area contributed by atoms with Crippen molar-refractivity contribution in [3.8, 4) is 17.1 Å². The molecule has 1 N–H and O–H groups in total. The molecule has 2 heterocycles. The number of piperidine rings is 1. The maximum Gasteiger partial charge on any atom is 0.291 e. The molecule has 1 atom stereocenters. The quantitative estimate of drug-likeness (QED) is 0.315. The van der Waals surface area contributed by atoms with Crippen LogP contribution in [0.5, 0.6) is 0 Å². The van der Waals surface area contributed by atoms with Crippen molar-refractivity contribution in [2.45, 2.75) is 18.9 Å². The number of hydrogen-bond acceptors (Lipinski definition) is 4. The molecule has 0 bridgehead atoms. The molecule has 182 valence electrons. The third-order valence-electron chi connectivity index (χ3n) is 5.87. The molecule has 1 unspecified atom stereocenters. The van der Waals surface area contributed by atoms with Crippen LogP contribution in [0.4, 0.5) is 5.69 Å². The summed E-state index contributed by atoms with van der Waals surface area (Å²) in [5, 5.41) is 8.10. The van der Waals surface area contributed by atoms with E-state index in [0.717, 1.165) is 15.7 Å². The van der Waals surface area contributed by atoms with Crippen LogP contribution < -0.4 is 10.2 Å². The Morgan fingerprint density at radius 3 is 2.42 bits per heavy atom. The number of hydrogen-bond donors (Lipinski definition) is 1. The molecule has 0 radical (unpaired) electrons. The summed E-state index contributed by atoms with van der Waals surface area (Å²) in [5.74, 6) is -0.229. The van der Waals surface area contributed by atoms with E-state index in [0.29, 0.717) is 40.9 Å². The molecular formula is C26H20BrCl2N5O2. The van der Waals surface area contributed by atoms with Crippen molar-refractivity contribution in [2.75, 3.05) is 11.4 Å². The van der Waals surface area contributed by atoms with E-state index in [-0.39, 0.29) is 11.7 Å². The number of aromatic nitrogens is 3. The van der Waals surface area contributed by atoms with Gasteiger partial charge in [0.1, 0.15) is 6.04 Å². The van der Waals surface area contributed by atoms with Crippen molar-refractivity contribution >= 4 is 56.6 Å². The summed E-state index contributed by atoms with van der Waals surface area (Å²) in [5.41, 5.74) is 2.20. The first kappa shape index (κ1) is 24.5. The average molecular weight is 585 g/mol. The Hall–Kier alpha value is -3.20. The first-order valence-electron chi connectivity index (χ1n) is 11.3. The van der Waals surface area contributed by atoms with E-state index < -0.39 is 11.9 Å². The van der Waals surface area contributed by atoms with Gasteiger partial charge in [0.15, 0.2) is 5.82 Å². The largest absolute Gasteiger partial charge is 0.337 e. The van der Waals surface area contributed by atoms with Crippen LogP contribution in [0.1, 0.15) is 23.5 Å². The summed E-state index contributed by atoms with van der Waals surface area (Å²) in [4.78, 5) is 32.6. The van der Waals surface area contributed by atoms with E-state index in [9.17, 15) is 9.59 Å². The summed E-state index contributed by atoms with van der Waals surface area (Å²) < 4.78 is 2.55. The lowest BCUT2D eigenvalue weighted by atomic mass is 10.0. The number of benzene rings is 3. The minimum absolute atomic E-state index is 0.0174. The summed E-state index contributed by atoms with van der Waals surface area (Å²) in [7, 11) is 0. The van der Waals surface area contributed by atoms with Gasteiger partial charge in [-0.3, -0.25) is 9.59 Å². The molecular weight excluding hydrogens is 565 g/mol. The fourth-order valence-electron chi connectivity index (χ4n) is 4.09. The van der Waals surface area contributed by atoms with Gasteiger partial charge in [-0.2, -0.15) is 0 Å². The monoisotopic (exact) mass is 583 g/mol. The van der Waals surface area contributed by atoms with Crippen molar-refractivity contribution in [1.29, 1.82) is 0 Å². The van der Waals surface area contributed by atoms with Crippen LogP contribution in [0.25, 0.3) is 17.1 Å². The van der Waals surface area contributed by atoms with Crippen molar-refractivity contribution in [2.24, 2.45) is 0 Å². The lowest BCUT2D eigenvalue weighted by Gasteiger charge is -2.32. The zero-order valence-corrected chi connectivity index (χ0v) is 22.0. The smallest absolute Gasteiger partial charge is 0.291 e. The van der Waals surface area contributed by atoms with E-state index >= 15 is 0 Å². The second kappa shape index (κ2) is 10.4. The Kier molecular flexibility index (Phi) is 7.09. The lowest BCUT2D eigenvalue weighted by molar-refractivity contribution is -0.121. The van der Waals surface area contributed by atoms with Crippen LogP contribution in [-0.4, -0.2) is 39.2 Å². The number of anilines is 1. The fourth-order valence-corrected chi connectivity index (χ4v) is 4.64. The second-order valence-corrected chi connectivity index (χ2v) is 10.00. The Labute approximate surface area is 226 Å². The van der Waals surface area contributed by atoms with Gasteiger partial charge in [0.2, 0.25) is 11.7 Å². The summed E-state index contributed by atoms with van der Waals surface area (Å²) in [6.45, 7) is 0.526. The molecule has 5 rings (SSSR count). The molecule has 0 aliphatic carbocycles. The van der Waals surface area contributed by atoms with E-state index in [2.05, 4.69) is 31.3 Å². The normalized spacial score (nSPS) is 15.7. The highest BCUT2D eigenvalue weighted by atomic mass is 79.9. The molecule has 1 aliphatic rings. The number of nitrogens with zero attached hydrogens (tertiary/aromatic N) is 4.